The van der Waals surface area contributed by atoms with E-state index < -0.39 is 30.5 Å². The quantitative estimate of drug-likeness (QED) is 0.300. The minimum absolute atomic E-state index is 0.00380. The van der Waals surface area contributed by atoms with Gasteiger partial charge in [0, 0.05) is 35.6 Å². The lowest BCUT2D eigenvalue weighted by Gasteiger charge is -2.12. The van der Waals surface area contributed by atoms with Crippen LogP contribution in [0.4, 0.5) is 4.39 Å². The Bertz CT molecular complexity index is 573. The van der Waals surface area contributed by atoms with Crippen molar-refractivity contribution in [1.82, 2.24) is 0 Å². The number of nitrogens with zero attached hydrogens (tertiary/aromatic N) is 1. The maximum absolute atomic E-state index is 14.0. The topological polar surface area (TPSA) is 91.1 Å². The second kappa shape index (κ2) is 8.96. The Balaban J connectivity index is 1.97. The van der Waals surface area contributed by atoms with Crippen molar-refractivity contribution in [3.8, 4) is 5.75 Å². The summed E-state index contributed by atoms with van der Waals surface area (Å²) in [5.74, 6) is -0.373. The lowest BCUT2D eigenvalue weighted by atomic mass is 9.78. The highest BCUT2D eigenvalue weighted by atomic mass is 19.1. The van der Waals surface area contributed by atoms with Gasteiger partial charge in [-0.15, -0.1) is 0 Å². The summed E-state index contributed by atoms with van der Waals surface area (Å²) in [6.07, 6.45) is 1.60. The molecule has 7 nitrogen and oxygen atoms in total. The summed E-state index contributed by atoms with van der Waals surface area (Å²) < 4.78 is 30.1. The molecule has 1 aliphatic rings. The molecule has 0 radical (unpaired) electrons. The van der Waals surface area contributed by atoms with Crippen molar-refractivity contribution in [2.24, 2.45) is 0 Å². The highest BCUT2D eigenvalue weighted by molar-refractivity contribution is 6.62. The molecule has 24 heavy (non-hydrogen) atoms. The maximum Gasteiger partial charge on any atom is 0.496 e. The molecule has 0 saturated carbocycles. The number of hydrogen-bond donors (Lipinski definition) is 1. The van der Waals surface area contributed by atoms with Gasteiger partial charge in [-0.05, 0) is 18.6 Å². The van der Waals surface area contributed by atoms with Crippen LogP contribution in [0.3, 0.4) is 0 Å². The Kier molecular flexibility index (Phi) is 6.95. The number of rotatable bonds is 10. The molecule has 1 aromatic rings. The fourth-order valence-corrected chi connectivity index (χ4v) is 2.55. The van der Waals surface area contributed by atoms with Gasteiger partial charge < -0.3 is 19.2 Å². The Hall–Kier alpha value is -1.71. The average molecular weight is 341 g/mol. The summed E-state index contributed by atoms with van der Waals surface area (Å²) in [6.45, 7) is 3.05. The van der Waals surface area contributed by atoms with E-state index >= 15 is 0 Å². The standard InChI is InChI=1S/C15H21BFNO6/c1-2-3-7-22-8-4-9-23-12-6-5-11(17)14-13(10-18(20)21)24-16(19)15(12)14/h5-6,13,19H,2-4,7-10H2,1H3. The van der Waals surface area contributed by atoms with Crippen LogP contribution >= 0.6 is 0 Å². The van der Waals surface area contributed by atoms with E-state index in [4.69, 9.17) is 14.1 Å². The van der Waals surface area contributed by atoms with Gasteiger partial charge in [-0.2, -0.15) is 0 Å². The predicted molar refractivity (Wildman–Crippen MR) is 85.5 cm³/mol. The van der Waals surface area contributed by atoms with Crippen molar-refractivity contribution < 1.29 is 28.5 Å². The first-order chi connectivity index (χ1) is 11.5. The SMILES string of the molecule is CCCCOCCCOc1ccc(F)c2c1B(O)OC2C[N+](=O)[O-]. The third kappa shape index (κ3) is 4.65. The first-order valence-corrected chi connectivity index (χ1v) is 8.02. The minimum Gasteiger partial charge on any atom is -0.494 e. The van der Waals surface area contributed by atoms with Crippen molar-refractivity contribution in [1.29, 1.82) is 0 Å². The van der Waals surface area contributed by atoms with Crippen LogP contribution in [0, 0.1) is 15.9 Å². The molecular weight excluding hydrogens is 320 g/mol. The lowest BCUT2D eigenvalue weighted by Crippen LogP contribution is -2.30. The number of benzene rings is 1. The summed E-state index contributed by atoms with van der Waals surface area (Å²) in [7, 11) is -1.43. The van der Waals surface area contributed by atoms with Crippen molar-refractivity contribution >= 4 is 12.6 Å². The molecule has 1 N–H and O–H groups in total. The summed E-state index contributed by atoms with van der Waals surface area (Å²) in [4.78, 5) is 10.1. The van der Waals surface area contributed by atoms with E-state index in [1.54, 1.807) is 0 Å². The first-order valence-electron chi connectivity index (χ1n) is 8.02. The van der Waals surface area contributed by atoms with Crippen LogP contribution in [-0.2, 0) is 9.39 Å². The van der Waals surface area contributed by atoms with Gasteiger partial charge in [0.05, 0.1) is 6.61 Å². The van der Waals surface area contributed by atoms with E-state index in [9.17, 15) is 19.5 Å². The number of halogens is 1. The van der Waals surface area contributed by atoms with Crippen LogP contribution in [0.2, 0.25) is 0 Å². The minimum atomic E-state index is -1.43. The van der Waals surface area contributed by atoms with Gasteiger partial charge in [0.2, 0.25) is 6.54 Å². The van der Waals surface area contributed by atoms with Crippen LogP contribution in [0.15, 0.2) is 12.1 Å². The van der Waals surface area contributed by atoms with Gasteiger partial charge in [-0.3, -0.25) is 10.1 Å². The van der Waals surface area contributed by atoms with Gasteiger partial charge in [0.15, 0.2) is 0 Å². The average Bonchev–Trinajstić information content (AvgIpc) is 2.85. The zero-order valence-corrected chi connectivity index (χ0v) is 13.6. The molecule has 1 atom stereocenters. The van der Waals surface area contributed by atoms with Crippen molar-refractivity contribution in [2.75, 3.05) is 26.4 Å². The number of ether oxygens (including phenoxy) is 2. The number of fused-ring (bicyclic) bond motifs is 1. The zero-order chi connectivity index (χ0) is 17.5. The molecule has 0 amide bonds. The second-order valence-corrected chi connectivity index (χ2v) is 5.53. The van der Waals surface area contributed by atoms with Gasteiger partial charge in [0.1, 0.15) is 17.7 Å². The summed E-state index contributed by atoms with van der Waals surface area (Å²) in [5, 5.41) is 20.6. The largest absolute Gasteiger partial charge is 0.496 e. The Morgan fingerprint density at radius 1 is 1.38 bits per heavy atom. The van der Waals surface area contributed by atoms with Gasteiger partial charge >= 0.3 is 7.12 Å². The normalized spacial score (nSPS) is 16.3. The molecule has 1 heterocycles. The fourth-order valence-electron chi connectivity index (χ4n) is 2.55. The second-order valence-electron chi connectivity index (χ2n) is 5.53. The molecule has 1 unspecified atom stereocenters. The smallest absolute Gasteiger partial charge is 0.494 e. The van der Waals surface area contributed by atoms with E-state index in [0.29, 0.717) is 26.2 Å². The first kappa shape index (κ1) is 18.6. The molecular formula is C15H21BFNO6. The third-order valence-electron chi connectivity index (χ3n) is 3.70. The van der Waals surface area contributed by atoms with E-state index in [0.717, 1.165) is 12.8 Å². The molecule has 0 fully saturated rings. The van der Waals surface area contributed by atoms with Gasteiger partial charge in [0.25, 0.3) is 0 Å². The molecule has 0 bridgehead atoms. The fraction of sp³-hybridized carbons (Fsp3) is 0.600. The van der Waals surface area contributed by atoms with Crippen LogP contribution < -0.4 is 10.2 Å². The van der Waals surface area contributed by atoms with E-state index in [1.807, 2.05) is 0 Å². The number of nitro groups is 1. The summed E-state index contributed by atoms with van der Waals surface area (Å²) in [6, 6.07) is 2.56. The number of unbranched alkanes of at least 4 members (excludes halogenated alkanes) is 1. The van der Waals surface area contributed by atoms with Crippen molar-refractivity contribution in [2.45, 2.75) is 32.3 Å². The van der Waals surface area contributed by atoms with Crippen molar-refractivity contribution in [3.05, 3.63) is 33.6 Å². The molecule has 1 aliphatic heterocycles. The molecule has 132 valence electrons. The zero-order valence-electron chi connectivity index (χ0n) is 13.6. The summed E-state index contributed by atoms with van der Waals surface area (Å²) in [5.41, 5.74) is 0.129. The molecule has 2 rings (SSSR count). The third-order valence-corrected chi connectivity index (χ3v) is 3.70. The van der Waals surface area contributed by atoms with Crippen LogP contribution in [0.25, 0.3) is 0 Å². The molecule has 0 aromatic heterocycles. The predicted octanol–water partition coefficient (Wildman–Crippen LogP) is 1.45. The molecule has 0 aliphatic carbocycles. The van der Waals surface area contributed by atoms with Crippen LogP contribution in [-0.4, -0.2) is 43.4 Å². The highest BCUT2D eigenvalue weighted by Crippen LogP contribution is 2.30. The molecule has 0 spiro atoms. The van der Waals surface area contributed by atoms with Crippen molar-refractivity contribution in [3.63, 3.8) is 0 Å². The molecule has 1 aromatic carbocycles. The Morgan fingerprint density at radius 2 is 2.12 bits per heavy atom. The molecule has 0 saturated heterocycles. The van der Waals surface area contributed by atoms with E-state index in [1.165, 1.54) is 12.1 Å². The maximum atomic E-state index is 14.0. The lowest BCUT2D eigenvalue weighted by molar-refractivity contribution is -0.490. The Morgan fingerprint density at radius 3 is 2.83 bits per heavy atom. The summed E-state index contributed by atoms with van der Waals surface area (Å²) >= 11 is 0. The number of hydrogen-bond acceptors (Lipinski definition) is 6. The Labute approximate surface area is 140 Å². The monoisotopic (exact) mass is 341 g/mol. The van der Waals surface area contributed by atoms with Crippen LogP contribution in [0.1, 0.15) is 37.9 Å². The highest BCUT2D eigenvalue weighted by Gasteiger charge is 2.42. The van der Waals surface area contributed by atoms with E-state index in [2.05, 4.69) is 6.92 Å². The molecule has 9 heteroatoms. The van der Waals surface area contributed by atoms with Crippen LogP contribution in [0.5, 0.6) is 5.75 Å². The van der Waals surface area contributed by atoms with Gasteiger partial charge in [-0.1, -0.05) is 13.3 Å². The van der Waals surface area contributed by atoms with Gasteiger partial charge in [-0.25, -0.2) is 4.39 Å². The van der Waals surface area contributed by atoms with E-state index in [-0.39, 0.29) is 16.8 Å².